The fourth-order valence-corrected chi connectivity index (χ4v) is 1.93. The molecule has 0 fully saturated rings. The van der Waals surface area contributed by atoms with Crippen LogP contribution in [0.2, 0.25) is 0 Å². The van der Waals surface area contributed by atoms with Crippen LogP contribution in [0.25, 0.3) is 0 Å². The Morgan fingerprint density at radius 1 is 1.46 bits per heavy atom. The van der Waals surface area contributed by atoms with E-state index in [4.69, 9.17) is 5.84 Å². The zero-order chi connectivity index (χ0) is 10.1. The lowest BCUT2D eigenvalue weighted by Gasteiger charge is -2.03. The molecular weight excluding hydrogens is 184 g/mol. The standard InChI is InChI=1S/C9H20N2OS/c1-8(2)7-13-6-4-3-5-9(12)11-10/h8H,3-7,10H2,1-2H3,(H,11,12). The molecule has 0 unspecified atom stereocenters. The third-order valence-corrected chi connectivity index (χ3v) is 3.03. The van der Waals surface area contributed by atoms with E-state index >= 15 is 0 Å². The van der Waals surface area contributed by atoms with E-state index in [2.05, 4.69) is 19.3 Å². The van der Waals surface area contributed by atoms with Gasteiger partial charge in [0.2, 0.25) is 5.91 Å². The van der Waals surface area contributed by atoms with Gasteiger partial charge in [-0.1, -0.05) is 13.8 Å². The Hall–Kier alpha value is -0.220. The Bertz CT molecular complexity index is 140. The number of amides is 1. The van der Waals surface area contributed by atoms with Crippen molar-refractivity contribution in [3.8, 4) is 0 Å². The highest BCUT2D eigenvalue weighted by atomic mass is 32.2. The maximum Gasteiger partial charge on any atom is 0.233 e. The van der Waals surface area contributed by atoms with Crippen LogP contribution in [0.3, 0.4) is 0 Å². The number of hydrazine groups is 1. The van der Waals surface area contributed by atoms with Gasteiger partial charge in [-0.2, -0.15) is 11.8 Å². The molecule has 0 heterocycles. The van der Waals surface area contributed by atoms with Gasteiger partial charge in [-0.05, 0) is 30.3 Å². The summed E-state index contributed by atoms with van der Waals surface area (Å²) in [6.45, 7) is 4.43. The minimum Gasteiger partial charge on any atom is -0.294 e. The van der Waals surface area contributed by atoms with Crippen molar-refractivity contribution in [2.24, 2.45) is 11.8 Å². The predicted octanol–water partition coefficient (Wildman–Crippen LogP) is 1.54. The second-order valence-corrected chi connectivity index (χ2v) is 4.64. The van der Waals surface area contributed by atoms with Crippen molar-refractivity contribution in [3.63, 3.8) is 0 Å². The molecule has 0 aliphatic carbocycles. The number of carbonyl (C=O) groups is 1. The molecular formula is C9H20N2OS. The summed E-state index contributed by atoms with van der Waals surface area (Å²) in [5.41, 5.74) is 2.13. The number of rotatable bonds is 7. The molecule has 0 saturated heterocycles. The monoisotopic (exact) mass is 204 g/mol. The first-order valence-electron chi connectivity index (χ1n) is 4.74. The summed E-state index contributed by atoms with van der Waals surface area (Å²) in [6, 6.07) is 0. The van der Waals surface area contributed by atoms with Crippen LogP contribution in [0.5, 0.6) is 0 Å². The Kier molecular flexibility index (Phi) is 8.24. The van der Waals surface area contributed by atoms with E-state index in [1.165, 1.54) is 5.75 Å². The van der Waals surface area contributed by atoms with Gasteiger partial charge in [-0.3, -0.25) is 10.2 Å². The van der Waals surface area contributed by atoms with Gasteiger partial charge in [0.05, 0.1) is 0 Å². The van der Waals surface area contributed by atoms with Gasteiger partial charge in [0.25, 0.3) is 0 Å². The molecule has 78 valence electrons. The van der Waals surface area contributed by atoms with Crippen molar-refractivity contribution in [2.45, 2.75) is 33.1 Å². The lowest BCUT2D eigenvalue weighted by atomic mass is 10.2. The summed E-state index contributed by atoms with van der Waals surface area (Å²) in [7, 11) is 0. The molecule has 0 radical (unpaired) electrons. The average molecular weight is 204 g/mol. The fourth-order valence-electron chi connectivity index (χ4n) is 0.881. The van der Waals surface area contributed by atoms with Crippen LogP contribution >= 0.6 is 11.8 Å². The highest BCUT2D eigenvalue weighted by Gasteiger charge is 1.98. The summed E-state index contributed by atoms with van der Waals surface area (Å²) in [5.74, 6) is 8.01. The number of carbonyl (C=O) groups excluding carboxylic acids is 1. The topological polar surface area (TPSA) is 55.1 Å². The van der Waals surface area contributed by atoms with Crippen LogP contribution in [0.4, 0.5) is 0 Å². The minimum absolute atomic E-state index is 0.0612. The fraction of sp³-hybridized carbons (Fsp3) is 0.889. The molecule has 0 aliphatic rings. The lowest BCUT2D eigenvalue weighted by Crippen LogP contribution is -2.29. The molecule has 0 aromatic rings. The second kappa shape index (κ2) is 8.38. The summed E-state index contributed by atoms with van der Waals surface area (Å²) in [6.07, 6.45) is 2.59. The molecule has 0 aromatic carbocycles. The maximum atomic E-state index is 10.7. The van der Waals surface area contributed by atoms with Gasteiger partial charge in [-0.25, -0.2) is 5.84 Å². The number of unbranched alkanes of at least 4 members (excludes halogenated alkanes) is 1. The molecule has 3 N–H and O–H groups in total. The van der Waals surface area contributed by atoms with Crippen molar-refractivity contribution in [3.05, 3.63) is 0 Å². The molecule has 4 heteroatoms. The highest BCUT2D eigenvalue weighted by Crippen LogP contribution is 2.10. The largest absolute Gasteiger partial charge is 0.294 e. The van der Waals surface area contributed by atoms with Gasteiger partial charge in [0.1, 0.15) is 0 Å². The first-order valence-corrected chi connectivity index (χ1v) is 5.89. The van der Waals surface area contributed by atoms with Crippen LogP contribution in [0.15, 0.2) is 0 Å². The van der Waals surface area contributed by atoms with Crippen LogP contribution in [-0.2, 0) is 4.79 Å². The van der Waals surface area contributed by atoms with Crippen molar-refractivity contribution in [1.82, 2.24) is 5.43 Å². The predicted molar refractivity (Wildman–Crippen MR) is 58.3 cm³/mol. The zero-order valence-corrected chi connectivity index (χ0v) is 9.32. The third-order valence-electron chi connectivity index (χ3n) is 1.55. The SMILES string of the molecule is CC(C)CSCCCCC(=O)NN. The van der Waals surface area contributed by atoms with Crippen molar-refractivity contribution < 1.29 is 4.79 Å². The summed E-state index contributed by atoms with van der Waals surface area (Å²) in [4.78, 5) is 10.7. The summed E-state index contributed by atoms with van der Waals surface area (Å²) < 4.78 is 0. The number of nitrogens with one attached hydrogen (secondary N) is 1. The van der Waals surface area contributed by atoms with Gasteiger partial charge < -0.3 is 0 Å². The normalized spacial score (nSPS) is 10.5. The van der Waals surface area contributed by atoms with E-state index in [9.17, 15) is 4.79 Å². The Morgan fingerprint density at radius 3 is 2.69 bits per heavy atom. The molecule has 3 nitrogen and oxygen atoms in total. The van der Waals surface area contributed by atoms with E-state index in [0.29, 0.717) is 6.42 Å². The maximum absolute atomic E-state index is 10.7. The third kappa shape index (κ3) is 9.70. The number of hydrogen-bond donors (Lipinski definition) is 2. The Balaban J connectivity index is 3.04. The van der Waals surface area contributed by atoms with Gasteiger partial charge in [0.15, 0.2) is 0 Å². The van der Waals surface area contributed by atoms with Crippen LogP contribution in [0.1, 0.15) is 33.1 Å². The quantitative estimate of drug-likeness (QED) is 0.286. The van der Waals surface area contributed by atoms with Crippen LogP contribution < -0.4 is 11.3 Å². The molecule has 0 aliphatic heterocycles. The van der Waals surface area contributed by atoms with Gasteiger partial charge in [-0.15, -0.1) is 0 Å². The first-order chi connectivity index (χ1) is 6.16. The molecule has 1 amide bonds. The van der Waals surface area contributed by atoms with E-state index in [1.807, 2.05) is 11.8 Å². The smallest absolute Gasteiger partial charge is 0.233 e. The van der Waals surface area contributed by atoms with E-state index in [0.717, 1.165) is 24.5 Å². The number of nitrogens with two attached hydrogens (primary N) is 1. The lowest BCUT2D eigenvalue weighted by molar-refractivity contribution is -0.121. The van der Waals surface area contributed by atoms with E-state index in [1.54, 1.807) is 0 Å². The van der Waals surface area contributed by atoms with E-state index in [-0.39, 0.29) is 5.91 Å². The van der Waals surface area contributed by atoms with Gasteiger partial charge >= 0.3 is 0 Å². The zero-order valence-electron chi connectivity index (χ0n) is 8.51. The highest BCUT2D eigenvalue weighted by molar-refractivity contribution is 7.99. The molecule has 0 bridgehead atoms. The molecule has 13 heavy (non-hydrogen) atoms. The Morgan fingerprint density at radius 2 is 2.15 bits per heavy atom. The molecule has 0 rings (SSSR count). The van der Waals surface area contributed by atoms with Crippen molar-refractivity contribution >= 4 is 17.7 Å². The summed E-state index contributed by atoms with van der Waals surface area (Å²) >= 11 is 1.96. The Labute approximate surface area is 84.8 Å². The van der Waals surface area contributed by atoms with Crippen LogP contribution in [-0.4, -0.2) is 17.4 Å². The number of thioether (sulfide) groups is 1. The second-order valence-electron chi connectivity index (χ2n) is 3.49. The van der Waals surface area contributed by atoms with Crippen molar-refractivity contribution in [2.75, 3.05) is 11.5 Å². The molecule has 0 spiro atoms. The molecule has 0 atom stereocenters. The summed E-state index contributed by atoms with van der Waals surface area (Å²) in [5, 5.41) is 0. The van der Waals surface area contributed by atoms with Crippen molar-refractivity contribution in [1.29, 1.82) is 0 Å². The molecule has 0 saturated carbocycles. The first kappa shape index (κ1) is 12.8. The number of hydrogen-bond acceptors (Lipinski definition) is 3. The van der Waals surface area contributed by atoms with E-state index < -0.39 is 0 Å². The van der Waals surface area contributed by atoms with Gasteiger partial charge in [0, 0.05) is 6.42 Å². The average Bonchev–Trinajstić information content (AvgIpc) is 2.10. The minimum atomic E-state index is -0.0612. The van der Waals surface area contributed by atoms with Crippen LogP contribution in [0, 0.1) is 5.92 Å². The molecule has 0 aromatic heterocycles.